The Bertz CT molecular complexity index is 238. The second-order valence-corrected chi connectivity index (χ2v) is 6.21. The van der Waals surface area contributed by atoms with Gasteiger partial charge in [0, 0.05) is 13.7 Å². The van der Waals surface area contributed by atoms with Crippen molar-refractivity contribution in [1.82, 2.24) is 0 Å². The lowest BCUT2D eigenvalue weighted by Crippen LogP contribution is -2.38. The molecule has 1 saturated heterocycles. The van der Waals surface area contributed by atoms with E-state index in [4.69, 9.17) is 14.2 Å². The number of rotatable bonds is 4. The van der Waals surface area contributed by atoms with Gasteiger partial charge in [-0.1, -0.05) is 0 Å². The third kappa shape index (κ3) is 3.69. The molecule has 1 atom stereocenters. The van der Waals surface area contributed by atoms with Crippen LogP contribution in [0.25, 0.3) is 0 Å². The molecule has 106 valence electrons. The maximum Gasteiger partial charge on any atom is 0.157 e. The van der Waals surface area contributed by atoms with Crippen molar-refractivity contribution >= 4 is 0 Å². The van der Waals surface area contributed by atoms with Crippen molar-refractivity contribution in [2.45, 2.75) is 76.8 Å². The van der Waals surface area contributed by atoms with Gasteiger partial charge in [0.25, 0.3) is 0 Å². The maximum absolute atomic E-state index is 6.06. The molecule has 0 amide bonds. The van der Waals surface area contributed by atoms with E-state index in [0.717, 1.165) is 25.9 Å². The number of methoxy groups -OCH3 is 1. The van der Waals surface area contributed by atoms with Gasteiger partial charge < -0.3 is 14.2 Å². The van der Waals surface area contributed by atoms with Crippen molar-refractivity contribution in [3.8, 4) is 0 Å². The Balaban J connectivity index is 1.73. The molecule has 0 spiro atoms. The largest absolute Gasteiger partial charge is 0.379 e. The second kappa shape index (κ2) is 6.36. The minimum absolute atomic E-state index is 0.00626. The molecule has 1 unspecified atom stereocenters. The van der Waals surface area contributed by atoms with E-state index in [2.05, 4.69) is 13.8 Å². The zero-order valence-corrected chi connectivity index (χ0v) is 12.1. The van der Waals surface area contributed by atoms with Gasteiger partial charge in [-0.25, -0.2) is 0 Å². The van der Waals surface area contributed by atoms with Crippen molar-refractivity contribution in [3.05, 3.63) is 0 Å². The normalized spacial score (nSPS) is 34.5. The Kier molecular flexibility index (Phi) is 5.05. The van der Waals surface area contributed by atoms with Gasteiger partial charge in [-0.15, -0.1) is 0 Å². The fourth-order valence-corrected chi connectivity index (χ4v) is 3.09. The second-order valence-electron chi connectivity index (χ2n) is 6.21. The fourth-order valence-electron chi connectivity index (χ4n) is 3.09. The maximum atomic E-state index is 6.06. The predicted octanol–water partition coefficient (Wildman–Crippen LogP) is 3.51. The average molecular weight is 256 g/mol. The highest BCUT2D eigenvalue weighted by Gasteiger charge is 2.34. The molecule has 1 aliphatic carbocycles. The standard InChI is InChI=1S/C15H28O3/c1-15(2,16-3)12-7-9-13(10-8-12)18-14-6-4-5-11-17-14/h12-14H,4-11H2,1-3H3. The van der Waals surface area contributed by atoms with Crippen molar-refractivity contribution in [2.24, 2.45) is 5.92 Å². The monoisotopic (exact) mass is 256 g/mol. The number of ether oxygens (including phenoxy) is 3. The molecule has 1 saturated carbocycles. The van der Waals surface area contributed by atoms with Crippen LogP contribution >= 0.6 is 0 Å². The van der Waals surface area contributed by atoms with Crippen LogP contribution in [0.1, 0.15) is 58.8 Å². The van der Waals surface area contributed by atoms with Crippen LogP contribution in [0.4, 0.5) is 0 Å². The third-order valence-corrected chi connectivity index (χ3v) is 4.67. The summed E-state index contributed by atoms with van der Waals surface area (Å²) in [6.07, 6.45) is 8.69. The van der Waals surface area contributed by atoms with E-state index in [-0.39, 0.29) is 11.9 Å². The molecular weight excluding hydrogens is 228 g/mol. The summed E-state index contributed by atoms with van der Waals surface area (Å²) in [6.45, 7) is 5.27. The van der Waals surface area contributed by atoms with E-state index in [1.165, 1.54) is 25.7 Å². The van der Waals surface area contributed by atoms with Crippen molar-refractivity contribution in [1.29, 1.82) is 0 Å². The first kappa shape index (κ1) is 14.3. The van der Waals surface area contributed by atoms with E-state index in [9.17, 15) is 0 Å². The first-order chi connectivity index (χ1) is 8.62. The molecule has 3 nitrogen and oxygen atoms in total. The molecule has 0 aromatic heterocycles. The molecule has 0 radical (unpaired) electrons. The SMILES string of the molecule is COC(C)(C)C1CCC(OC2CCCCO2)CC1. The van der Waals surface area contributed by atoms with Crippen LogP contribution < -0.4 is 0 Å². The van der Waals surface area contributed by atoms with Crippen molar-refractivity contribution in [3.63, 3.8) is 0 Å². The summed E-state index contributed by atoms with van der Waals surface area (Å²) in [4.78, 5) is 0. The molecule has 3 heteroatoms. The summed E-state index contributed by atoms with van der Waals surface area (Å²) in [5.41, 5.74) is 0.00626. The van der Waals surface area contributed by atoms with Crippen LogP contribution in [0.3, 0.4) is 0 Å². The lowest BCUT2D eigenvalue weighted by atomic mass is 9.78. The Morgan fingerprint density at radius 2 is 1.72 bits per heavy atom. The minimum atomic E-state index is 0.00626. The van der Waals surface area contributed by atoms with Crippen LogP contribution in [0, 0.1) is 5.92 Å². The summed E-state index contributed by atoms with van der Waals surface area (Å²) in [5.74, 6) is 0.662. The van der Waals surface area contributed by atoms with Crippen molar-refractivity contribution in [2.75, 3.05) is 13.7 Å². The van der Waals surface area contributed by atoms with Gasteiger partial charge >= 0.3 is 0 Å². The van der Waals surface area contributed by atoms with Crippen LogP contribution in [-0.2, 0) is 14.2 Å². The van der Waals surface area contributed by atoms with Crippen LogP contribution in [0.5, 0.6) is 0 Å². The quantitative estimate of drug-likeness (QED) is 0.770. The highest BCUT2D eigenvalue weighted by atomic mass is 16.7. The van der Waals surface area contributed by atoms with Gasteiger partial charge in [-0.2, -0.15) is 0 Å². The van der Waals surface area contributed by atoms with Gasteiger partial charge in [0.15, 0.2) is 6.29 Å². The van der Waals surface area contributed by atoms with E-state index >= 15 is 0 Å². The summed E-state index contributed by atoms with van der Waals surface area (Å²) < 4.78 is 17.3. The molecule has 0 bridgehead atoms. The topological polar surface area (TPSA) is 27.7 Å². The van der Waals surface area contributed by atoms with Crippen LogP contribution in [-0.4, -0.2) is 31.7 Å². The summed E-state index contributed by atoms with van der Waals surface area (Å²) in [5, 5.41) is 0. The molecule has 2 rings (SSSR count). The molecule has 2 aliphatic rings. The van der Waals surface area contributed by atoms with Gasteiger partial charge in [0.1, 0.15) is 0 Å². The Labute approximate surface area is 111 Å². The lowest BCUT2D eigenvalue weighted by molar-refractivity contribution is -0.197. The molecule has 1 heterocycles. The Morgan fingerprint density at radius 3 is 2.28 bits per heavy atom. The van der Waals surface area contributed by atoms with E-state index in [1.54, 1.807) is 0 Å². The van der Waals surface area contributed by atoms with Gasteiger partial charge in [-0.05, 0) is 64.7 Å². The molecular formula is C15H28O3. The zero-order valence-electron chi connectivity index (χ0n) is 12.1. The van der Waals surface area contributed by atoms with Crippen molar-refractivity contribution < 1.29 is 14.2 Å². The summed E-state index contributed by atoms with van der Waals surface area (Å²) in [6, 6.07) is 0. The average Bonchev–Trinajstić information content (AvgIpc) is 2.40. The van der Waals surface area contributed by atoms with Crippen LogP contribution in [0.2, 0.25) is 0 Å². The lowest BCUT2D eigenvalue weighted by Gasteiger charge is -2.39. The Hall–Kier alpha value is -0.120. The van der Waals surface area contributed by atoms with Gasteiger partial charge in [0.05, 0.1) is 11.7 Å². The zero-order chi connectivity index (χ0) is 13.0. The summed E-state index contributed by atoms with van der Waals surface area (Å²) >= 11 is 0. The molecule has 2 fully saturated rings. The third-order valence-electron chi connectivity index (χ3n) is 4.67. The van der Waals surface area contributed by atoms with E-state index in [1.807, 2.05) is 7.11 Å². The molecule has 0 aromatic rings. The number of hydrogen-bond donors (Lipinski definition) is 0. The molecule has 0 aromatic carbocycles. The minimum Gasteiger partial charge on any atom is -0.379 e. The summed E-state index contributed by atoms with van der Waals surface area (Å²) in [7, 11) is 1.82. The fraction of sp³-hybridized carbons (Fsp3) is 1.00. The first-order valence-electron chi connectivity index (χ1n) is 7.44. The van der Waals surface area contributed by atoms with Gasteiger partial charge in [-0.3, -0.25) is 0 Å². The van der Waals surface area contributed by atoms with Gasteiger partial charge in [0.2, 0.25) is 0 Å². The first-order valence-corrected chi connectivity index (χ1v) is 7.44. The number of hydrogen-bond acceptors (Lipinski definition) is 3. The highest BCUT2D eigenvalue weighted by molar-refractivity contribution is 4.84. The smallest absolute Gasteiger partial charge is 0.157 e. The highest BCUT2D eigenvalue weighted by Crippen LogP contribution is 2.36. The molecule has 18 heavy (non-hydrogen) atoms. The van der Waals surface area contributed by atoms with E-state index < -0.39 is 0 Å². The van der Waals surface area contributed by atoms with Crippen LogP contribution in [0.15, 0.2) is 0 Å². The predicted molar refractivity (Wildman–Crippen MR) is 71.5 cm³/mol. The van der Waals surface area contributed by atoms with E-state index in [0.29, 0.717) is 12.0 Å². The molecule has 1 aliphatic heterocycles. The molecule has 0 N–H and O–H groups in total. The Morgan fingerprint density at radius 1 is 1.00 bits per heavy atom.